The van der Waals surface area contributed by atoms with Gasteiger partial charge in [0.1, 0.15) is 6.54 Å². The highest BCUT2D eigenvalue weighted by Gasteiger charge is 2.13. The van der Waals surface area contributed by atoms with E-state index in [0.717, 1.165) is 17.1 Å². The number of hydrogen-bond donors (Lipinski definition) is 1. The van der Waals surface area contributed by atoms with Gasteiger partial charge in [-0.3, -0.25) is 0 Å². The third-order valence-electron chi connectivity index (χ3n) is 3.37. The van der Waals surface area contributed by atoms with Gasteiger partial charge in [-0.2, -0.15) is 4.98 Å². The number of quaternary nitrogens is 1. The van der Waals surface area contributed by atoms with Crippen molar-refractivity contribution < 1.29 is 9.42 Å². The average molecular weight is 315 g/mol. The van der Waals surface area contributed by atoms with Crippen molar-refractivity contribution in [2.45, 2.75) is 13.1 Å². The number of halogens is 1. The van der Waals surface area contributed by atoms with Crippen LogP contribution in [0.3, 0.4) is 0 Å². The van der Waals surface area contributed by atoms with E-state index in [0.29, 0.717) is 18.3 Å². The van der Waals surface area contributed by atoms with Gasteiger partial charge in [0.2, 0.25) is 5.82 Å². The van der Waals surface area contributed by atoms with E-state index < -0.39 is 0 Å². The molecule has 0 saturated carbocycles. The monoisotopic (exact) mass is 314 g/mol. The Labute approximate surface area is 134 Å². The molecule has 0 aliphatic rings. The maximum Gasteiger partial charge on any atom is 0.282 e. The quantitative estimate of drug-likeness (QED) is 0.787. The second kappa shape index (κ2) is 6.73. The van der Waals surface area contributed by atoms with Crippen LogP contribution in [-0.2, 0) is 13.1 Å². The molecule has 5 heteroatoms. The standard InChI is InChI=1S/C17H16ClN3O/c1-21(11-13-7-9-15(18)10-8-13)12-16-19-17(20-22-16)14-5-3-2-4-6-14/h2-10H,11-12H2,1H3/p+1. The molecular weight excluding hydrogens is 298 g/mol. The molecule has 0 amide bonds. The Balaban J connectivity index is 1.63. The second-order valence-corrected chi connectivity index (χ2v) is 5.75. The highest BCUT2D eigenvalue weighted by Crippen LogP contribution is 2.14. The normalized spacial score (nSPS) is 12.3. The molecular formula is C17H17ClN3O+. The Morgan fingerprint density at radius 1 is 1.00 bits per heavy atom. The Kier molecular flexibility index (Phi) is 4.51. The summed E-state index contributed by atoms with van der Waals surface area (Å²) in [5.74, 6) is 1.28. The van der Waals surface area contributed by atoms with Crippen molar-refractivity contribution in [1.29, 1.82) is 0 Å². The predicted octanol–water partition coefficient (Wildman–Crippen LogP) is 2.60. The summed E-state index contributed by atoms with van der Waals surface area (Å²) in [5.41, 5.74) is 2.19. The van der Waals surface area contributed by atoms with Gasteiger partial charge >= 0.3 is 0 Å². The summed E-state index contributed by atoms with van der Waals surface area (Å²) in [6.45, 7) is 1.56. The predicted molar refractivity (Wildman–Crippen MR) is 85.5 cm³/mol. The van der Waals surface area contributed by atoms with Gasteiger partial charge in [-0.05, 0) is 12.1 Å². The van der Waals surface area contributed by atoms with Crippen LogP contribution in [-0.4, -0.2) is 17.2 Å². The fraction of sp³-hybridized carbons (Fsp3) is 0.176. The van der Waals surface area contributed by atoms with E-state index in [1.807, 2.05) is 54.6 Å². The minimum atomic E-state index is 0.634. The first-order valence-electron chi connectivity index (χ1n) is 7.14. The number of aromatic nitrogens is 2. The number of nitrogens with zero attached hydrogens (tertiary/aromatic N) is 2. The minimum Gasteiger partial charge on any atom is -0.333 e. The van der Waals surface area contributed by atoms with Crippen LogP contribution < -0.4 is 4.90 Å². The molecule has 1 heterocycles. The highest BCUT2D eigenvalue weighted by atomic mass is 35.5. The summed E-state index contributed by atoms with van der Waals surface area (Å²) in [6, 6.07) is 17.7. The van der Waals surface area contributed by atoms with Crippen molar-refractivity contribution in [3.05, 3.63) is 71.1 Å². The zero-order valence-corrected chi connectivity index (χ0v) is 13.0. The Hall–Kier alpha value is -2.17. The van der Waals surface area contributed by atoms with Crippen LogP contribution in [0.4, 0.5) is 0 Å². The van der Waals surface area contributed by atoms with Crippen LogP contribution in [0.25, 0.3) is 11.4 Å². The Morgan fingerprint density at radius 2 is 1.73 bits per heavy atom. The number of benzene rings is 2. The first-order valence-corrected chi connectivity index (χ1v) is 7.52. The first kappa shape index (κ1) is 14.8. The maximum absolute atomic E-state index is 5.90. The van der Waals surface area contributed by atoms with Gasteiger partial charge in [0.05, 0.1) is 7.05 Å². The lowest BCUT2D eigenvalue weighted by Gasteiger charge is -2.11. The van der Waals surface area contributed by atoms with E-state index in [1.54, 1.807) is 0 Å². The number of nitrogens with one attached hydrogen (secondary N) is 1. The fourth-order valence-electron chi connectivity index (χ4n) is 2.30. The molecule has 0 bridgehead atoms. The number of hydrogen-bond acceptors (Lipinski definition) is 3. The van der Waals surface area contributed by atoms with Gasteiger partial charge in [0.15, 0.2) is 6.54 Å². The molecule has 1 atom stereocenters. The van der Waals surface area contributed by atoms with Crippen LogP contribution in [0.1, 0.15) is 11.5 Å². The van der Waals surface area contributed by atoms with Crippen molar-refractivity contribution in [3.8, 4) is 11.4 Å². The summed E-state index contributed by atoms with van der Waals surface area (Å²) in [5, 5.41) is 4.80. The molecule has 0 radical (unpaired) electrons. The lowest BCUT2D eigenvalue weighted by Crippen LogP contribution is -3.06. The molecule has 1 N–H and O–H groups in total. The SMILES string of the molecule is C[NH+](Cc1ccc(Cl)cc1)Cc1nc(-c2ccccc2)no1. The Morgan fingerprint density at radius 3 is 2.45 bits per heavy atom. The van der Waals surface area contributed by atoms with Crippen molar-refractivity contribution >= 4 is 11.6 Å². The van der Waals surface area contributed by atoms with Gasteiger partial charge in [-0.25, -0.2) is 0 Å². The zero-order valence-electron chi connectivity index (χ0n) is 12.3. The fourth-order valence-corrected chi connectivity index (χ4v) is 2.43. The van der Waals surface area contributed by atoms with Gasteiger partial charge in [-0.15, -0.1) is 0 Å². The lowest BCUT2D eigenvalue weighted by molar-refractivity contribution is -0.909. The maximum atomic E-state index is 5.90. The summed E-state index contributed by atoms with van der Waals surface area (Å²) in [4.78, 5) is 5.73. The molecule has 2 aromatic carbocycles. The van der Waals surface area contributed by atoms with Gasteiger partial charge in [0, 0.05) is 16.1 Å². The molecule has 4 nitrogen and oxygen atoms in total. The molecule has 0 saturated heterocycles. The van der Waals surface area contributed by atoms with Crippen LogP contribution in [0, 0.1) is 0 Å². The van der Waals surface area contributed by atoms with Gasteiger partial charge < -0.3 is 9.42 Å². The molecule has 0 aliphatic carbocycles. The van der Waals surface area contributed by atoms with E-state index >= 15 is 0 Å². The molecule has 1 aromatic heterocycles. The molecule has 0 aliphatic heterocycles. The molecule has 1 unspecified atom stereocenters. The summed E-state index contributed by atoms with van der Waals surface area (Å²) < 4.78 is 5.34. The summed E-state index contributed by atoms with van der Waals surface area (Å²) in [6.07, 6.45) is 0. The molecule has 112 valence electrons. The van der Waals surface area contributed by atoms with Crippen LogP contribution in [0.15, 0.2) is 59.1 Å². The van der Waals surface area contributed by atoms with Crippen molar-refractivity contribution in [3.63, 3.8) is 0 Å². The van der Waals surface area contributed by atoms with E-state index in [4.69, 9.17) is 16.1 Å². The highest BCUT2D eigenvalue weighted by molar-refractivity contribution is 6.30. The largest absolute Gasteiger partial charge is 0.333 e. The third-order valence-corrected chi connectivity index (χ3v) is 3.62. The van der Waals surface area contributed by atoms with E-state index in [1.165, 1.54) is 10.5 Å². The summed E-state index contributed by atoms with van der Waals surface area (Å²) >= 11 is 5.90. The molecule has 0 fully saturated rings. The van der Waals surface area contributed by atoms with Gasteiger partial charge in [-0.1, -0.05) is 59.2 Å². The third kappa shape index (κ3) is 3.72. The Bertz CT molecular complexity index is 725. The van der Waals surface area contributed by atoms with Crippen molar-refractivity contribution in [2.75, 3.05) is 7.05 Å². The van der Waals surface area contributed by atoms with Gasteiger partial charge in [0.25, 0.3) is 5.89 Å². The average Bonchev–Trinajstić information content (AvgIpc) is 2.99. The number of rotatable bonds is 5. The van der Waals surface area contributed by atoms with Crippen LogP contribution in [0.2, 0.25) is 5.02 Å². The molecule has 22 heavy (non-hydrogen) atoms. The lowest BCUT2D eigenvalue weighted by atomic mass is 10.2. The second-order valence-electron chi connectivity index (χ2n) is 5.31. The molecule has 3 rings (SSSR count). The van der Waals surface area contributed by atoms with E-state index in [-0.39, 0.29) is 0 Å². The zero-order chi connectivity index (χ0) is 15.4. The van der Waals surface area contributed by atoms with E-state index in [9.17, 15) is 0 Å². The van der Waals surface area contributed by atoms with Crippen LogP contribution in [0.5, 0.6) is 0 Å². The molecule has 3 aromatic rings. The van der Waals surface area contributed by atoms with Crippen molar-refractivity contribution in [2.24, 2.45) is 0 Å². The molecule has 0 spiro atoms. The summed E-state index contributed by atoms with van der Waals surface area (Å²) in [7, 11) is 2.10. The smallest absolute Gasteiger partial charge is 0.282 e. The van der Waals surface area contributed by atoms with Crippen molar-refractivity contribution in [1.82, 2.24) is 10.1 Å². The first-order chi connectivity index (χ1) is 10.7. The topological polar surface area (TPSA) is 43.4 Å². The van der Waals surface area contributed by atoms with Crippen LogP contribution >= 0.6 is 11.6 Å². The van der Waals surface area contributed by atoms with E-state index in [2.05, 4.69) is 17.2 Å². The minimum absolute atomic E-state index is 0.634.